The third-order valence-corrected chi connectivity index (χ3v) is 2.86. The van der Waals surface area contributed by atoms with Crippen LogP contribution in [0.15, 0.2) is 34.9 Å². The summed E-state index contributed by atoms with van der Waals surface area (Å²) in [5.41, 5.74) is 7.23. The van der Waals surface area contributed by atoms with E-state index in [-0.39, 0.29) is 6.04 Å². The molecule has 0 unspecified atom stereocenters. The molecular weight excluding hydrogens is 228 g/mol. The first-order valence-corrected chi connectivity index (χ1v) is 6.05. The summed E-state index contributed by atoms with van der Waals surface area (Å²) in [5.74, 6) is 1.06. The van der Waals surface area contributed by atoms with Crippen LogP contribution in [0.5, 0.6) is 0 Å². The highest BCUT2D eigenvalue weighted by Crippen LogP contribution is 2.16. The molecule has 0 saturated carbocycles. The molecule has 0 amide bonds. The number of benzene rings is 1. The molecule has 96 valence electrons. The molecule has 1 aromatic carbocycles. The number of nitrogens with zero attached hydrogens (tertiary/aromatic N) is 3. The summed E-state index contributed by atoms with van der Waals surface area (Å²) in [5, 5.41) is 3.91. The summed E-state index contributed by atoms with van der Waals surface area (Å²) >= 11 is 0. The van der Waals surface area contributed by atoms with Crippen LogP contribution in [0.1, 0.15) is 24.4 Å². The standard InChI is InChI=1S/C13H18N4O/c1-3-17(2)13-15-12(18-16-13)11(14)9-10-7-5-4-6-8-10/h4-8,11H,3,9,14H2,1-2H3/t11-/m0/s1. The van der Waals surface area contributed by atoms with Crippen molar-refractivity contribution >= 4 is 5.95 Å². The summed E-state index contributed by atoms with van der Waals surface area (Å²) in [6.07, 6.45) is 0.693. The number of hydrogen-bond donors (Lipinski definition) is 1. The summed E-state index contributed by atoms with van der Waals surface area (Å²) in [4.78, 5) is 6.21. The molecule has 1 atom stereocenters. The Morgan fingerprint density at radius 1 is 1.33 bits per heavy atom. The van der Waals surface area contributed by atoms with Crippen LogP contribution in [0.2, 0.25) is 0 Å². The summed E-state index contributed by atoms with van der Waals surface area (Å²) in [7, 11) is 1.91. The van der Waals surface area contributed by atoms with Gasteiger partial charge < -0.3 is 15.2 Å². The molecule has 2 rings (SSSR count). The van der Waals surface area contributed by atoms with Crippen LogP contribution >= 0.6 is 0 Å². The van der Waals surface area contributed by atoms with Gasteiger partial charge in [0.25, 0.3) is 5.95 Å². The zero-order chi connectivity index (χ0) is 13.0. The topological polar surface area (TPSA) is 68.2 Å². The Kier molecular flexibility index (Phi) is 3.94. The van der Waals surface area contributed by atoms with Crippen LogP contribution in [0.4, 0.5) is 5.95 Å². The minimum absolute atomic E-state index is 0.265. The summed E-state index contributed by atoms with van der Waals surface area (Å²) in [6.45, 7) is 2.85. The Balaban J connectivity index is 2.05. The van der Waals surface area contributed by atoms with Crippen LogP contribution in [-0.2, 0) is 6.42 Å². The van der Waals surface area contributed by atoms with Crippen molar-refractivity contribution in [3.63, 3.8) is 0 Å². The van der Waals surface area contributed by atoms with Gasteiger partial charge in [0.2, 0.25) is 5.89 Å². The molecular formula is C13H18N4O. The fourth-order valence-corrected chi connectivity index (χ4v) is 1.63. The third kappa shape index (κ3) is 2.87. The van der Waals surface area contributed by atoms with Crippen LogP contribution in [0.3, 0.4) is 0 Å². The van der Waals surface area contributed by atoms with Crippen molar-refractivity contribution in [2.45, 2.75) is 19.4 Å². The Labute approximate surface area is 107 Å². The first-order chi connectivity index (χ1) is 8.70. The molecule has 0 aliphatic heterocycles. The van der Waals surface area contributed by atoms with Crippen LogP contribution < -0.4 is 10.6 Å². The Morgan fingerprint density at radius 2 is 2.06 bits per heavy atom. The normalized spacial score (nSPS) is 12.4. The van der Waals surface area contributed by atoms with Crippen LogP contribution in [0, 0.1) is 0 Å². The predicted octanol–water partition coefficient (Wildman–Crippen LogP) is 1.77. The van der Waals surface area contributed by atoms with Crippen molar-refractivity contribution < 1.29 is 4.52 Å². The highest BCUT2D eigenvalue weighted by molar-refractivity contribution is 5.26. The molecule has 0 fully saturated rings. The molecule has 1 heterocycles. The summed E-state index contributed by atoms with van der Waals surface area (Å²) < 4.78 is 5.19. The van der Waals surface area contributed by atoms with Gasteiger partial charge in [-0.1, -0.05) is 30.3 Å². The third-order valence-electron chi connectivity index (χ3n) is 2.86. The van der Waals surface area contributed by atoms with Gasteiger partial charge in [-0.3, -0.25) is 0 Å². The summed E-state index contributed by atoms with van der Waals surface area (Å²) in [6, 6.07) is 9.78. The zero-order valence-corrected chi connectivity index (χ0v) is 10.7. The maximum Gasteiger partial charge on any atom is 0.265 e. The highest BCUT2D eigenvalue weighted by Gasteiger charge is 2.16. The van der Waals surface area contributed by atoms with Crippen molar-refractivity contribution in [2.24, 2.45) is 5.73 Å². The van der Waals surface area contributed by atoms with Gasteiger partial charge >= 0.3 is 0 Å². The van der Waals surface area contributed by atoms with E-state index < -0.39 is 0 Å². The molecule has 2 N–H and O–H groups in total. The van der Waals surface area contributed by atoms with Crippen molar-refractivity contribution in [1.29, 1.82) is 0 Å². The Morgan fingerprint density at radius 3 is 2.72 bits per heavy atom. The van der Waals surface area contributed by atoms with Gasteiger partial charge in [-0.25, -0.2) is 0 Å². The SMILES string of the molecule is CCN(C)c1noc([C@@H](N)Cc2ccccc2)n1. The Bertz CT molecular complexity index is 483. The average molecular weight is 246 g/mol. The van der Waals surface area contributed by atoms with Crippen LogP contribution in [-0.4, -0.2) is 23.7 Å². The molecule has 1 aromatic heterocycles. The smallest absolute Gasteiger partial charge is 0.265 e. The van der Waals surface area contributed by atoms with Gasteiger partial charge in [0.15, 0.2) is 0 Å². The number of hydrogen-bond acceptors (Lipinski definition) is 5. The average Bonchev–Trinajstić information content (AvgIpc) is 2.88. The van der Waals surface area contributed by atoms with Crippen molar-refractivity contribution in [3.8, 4) is 0 Å². The quantitative estimate of drug-likeness (QED) is 0.870. The number of nitrogens with two attached hydrogens (primary N) is 1. The van der Waals surface area contributed by atoms with Gasteiger partial charge in [0.1, 0.15) is 0 Å². The molecule has 2 aromatic rings. The lowest BCUT2D eigenvalue weighted by molar-refractivity contribution is 0.353. The van der Waals surface area contributed by atoms with Gasteiger partial charge in [0, 0.05) is 13.6 Å². The predicted molar refractivity (Wildman–Crippen MR) is 70.3 cm³/mol. The maximum absolute atomic E-state index is 6.07. The van der Waals surface area contributed by atoms with E-state index in [1.807, 2.05) is 49.2 Å². The van der Waals surface area contributed by atoms with Gasteiger partial charge in [-0.05, 0) is 24.1 Å². The number of anilines is 1. The van der Waals surface area contributed by atoms with Gasteiger partial charge in [-0.15, -0.1) is 0 Å². The molecule has 0 spiro atoms. The van der Waals surface area contributed by atoms with Crippen molar-refractivity contribution in [1.82, 2.24) is 10.1 Å². The lowest BCUT2D eigenvalue weighted by atomic mass is 10.1. The first kappa shape index (κ1) is 12.6. The van der Waals surface area contributed by atoms with E-state index in [2.05, 4.69) is 10.1 Å². The minimum atomic E-state index is -0.265. The minimum Gasteiger partial charge on any atom is -0.342 e. The lowest BCUT2D eigenvalue weighted by Crippen LogP contribution is -2.18. The fourth-order valence-electron chi connectivity index (χ4n) is 1.63. The van der Waals surface area contributed by atoms with E-state index in [1.165, 1.54) is 0 Å². The highest BCUT2D eigenvalue weighted by atomic mass is 16.5. The second-order valence-corrected chi connectivity index (χ2v) is 4.24. The van der Waals surface area contributed by atoms with E-state index in [0.29, 0.717) is 18.3 Å². The van der Waals surface area contributed by atoms with E-state index in [0.717, 1.165) is 12.1 Å². The number of rotatable bonds is 5. The van der Waals surface area contributed by atoms with Crippen molar-refractivity contribution in [2.75, 3.05) is 18.5 Å². The lowest BCUT2D eigenvalue weighted by Gasteiger charge is -2.09. The van der Waals surface area contributed by atoms with E-state index in [1.54, 1.807) is 0 Å². The fraction of sp³-hybridized carbons (Fsp3) is 0.385. The van der Waals surface area contributed by atoms with Crippen molar-refractivity contribution in [3.05, 3.63) is 41.8 Å². The molecule has 0 bridgehead atoms. The van der Waals surface area contributed by atoms with E-state index in [4.69, 9.17) is 10.3 Å². The van der Waals surface area contributed by atoms with Gasteiger partial charge in [0.05, 0.1) is 6.04 Å². The molecule has 0 saturated heterocycles. The largest absolute Gasteiger partial charge is 0.342 e. The maximum atomic E-state index is 6.07. The first-order valence-electron chi connectivity index (χ1n) is 6.05. The molecule has 5 nitrogen and oxygen atoms in total. The van der Waals surface area contributed by atoms with E-state index >= 15 is 0 Å². The Hall–Kier alpha value is -1.88. The van der Waals surface area contributed by atoms with E-state index in [9.17, 15) is 0 Å². The molecule has 0 aliphatic carbocycles. The monoisotopic (exact) mass is 246 g/mol. The number of aromatic nitrogens is 2. The zero-order valence-electron chi connectivity index (χ0n) is 10.7. The molecule has 18 heavy (non-hydrogen) atoms. The molecule has 0 aliphatic rings. The van der Waals surface area contributed by atoms with Crippen LogP contribution in [0.25, 0.3) is 0 Å². The molecule has 5 heteroatoms. The molecule has 0 radical (unpaired) electrons. The van der Waals surface area contributed by atoms with Gasteiger partial charge in [-0.2, -0.15) is 4.98 Å². The second-order valence-electron chi connectivity index (χ2n) is 4.24. The second kappa shape index (κ2) is 5.64.